The van der Waals surface area contributed by atoms with Crippen LogP contribution in [0.1, 0.15) is 43.6 Å². The first kappa shape index (κ1) is 21.3. The number of ether oxygens (including phenoxy) is 1. The molecule has 1 unspecified atom stereocenters. The zero-order chi connectivity index (χ0) is 22.6. The highest BCUT2D eigenvalue weighted by Gasteiger charge is 2.41. The van der Waals surface area contributed by atoms with E-state index < -0.39 is 23.3 Å². The summed E-state index contributed by atoms with van der Waals surface area (Å²) in [5, 5.41) is 4.11. The summed E-state index contributed by atoms with van der Waals surface area (Å²) in [6.45, 7) is 6.34. The Morgan fingerprint density at radius 3 is 2.44 bits per heavy atom. The van der Waals surface area contributed by atoms with Crippen molar-refractivity contribution < 1.29 is 17.9 Å². The Morgan fingerprint density at radius 1 is 1.12 bits per heavy atom. The molecule has 32 heavy (non-hydrogen) atoms. The van der Waals surface area contributed by atoms with Gasteiger partial charge in [0.05, 0.1) is 6.04 Å². The van der Waals surface area contributed by atoms with Crippen LogP contribution in [0.2, 0.25) is 0 Å². The third kappa shape index (κ3) is 3.77. The van der Waals surface area contributed by atoms with Crippen LogP contribution in [0, 0.1) is 11.6 Å². The minimum Gasteiger partial charge on any atom is -0.488 e. The van der Waals surface area contributed by atoms with Crippen molar-refractivity contribution in [1.82, 2.24) is 15.2 Å². The van der Waals surface area contributed by atoms with Crippen molar-refractivity contribution in [3.8, 4) is 5.75 Å². The Balaban J connectivity index is 1.65. The van der Waals surface area contributed by atoms with Crippen LogP contribution in [0.4, 0.5) is 13.2 Å². The SMILES string of the molecule is CC1Cc2c([nH]c3ccccc23)[C@@H](c2c(F)cc(OC3CNC3)cc2F)N1CC(C)(C)F. The van der Waals surface area contributed by atoms with Gasteiger partial charge in [0.15, 0.2) is 0 Å². The first-order valence-electron chi connectivity index (χ1n) is 11.1. The number of hydrogen-bond acceptors (Lipinski definition) is 3. The standard InChI is InChI=1S/C25H28F3N3O/c1-14-8-18-17-6-4-5-7-21(17)30-23(18)24(31(14)13-25(2,3)28)22-19(26)9-15(10-20(22)27)32-16-11-29-12-16/h4-7,9-10,14,16,24,29-30H,8,11-13H2,1-3H3/t14?,24-/m1/s1. The normalized spacial score (nSPS) is 22.1. The minimum atomic E-state index is -1.52. The van der Waals surface area contributed by atoms with Gasteiger partial charge < -0.3 is 15.0 Å². The Labute approximate surface area is 185 Å². The number of para-hydroxylation sites is 1. The van der Waals surface area contributed by atoms with E-state index in [1.54, 1.807) is 0 Å². The molecule has 7 heteroatoms. The zero-order valence-electron chi connectivity index (χ0n) is 18.5. The van der Waals surface area contributed by atoms with E-state index in [1.807, 2.05) is 36.1 Å². The van der Waals surface area contributed by atoms with Crippen molar-refractivity contribution in [3.05, 3.63) is 64.9 Å². The van der Waals surface area contributed by atoms with E-state index >= 15 is 8.78 Å². The molecule has 2 aliphatic rings. The largest absolute Gasteiger partial charge is 0.488 e. The van der Waals surface area contributed by atoms with Gasteiger partial charge in [-0.15, -0.1) is 0 Å². The van der Waals surface area contributed by atoms with Gasteiger partial charge >= 0.3 is 0 Å². The summed E-state index contributed by atoms with van der Waals surface area (Å²) in [7, 11) is 0. The molecule has 0 aliphatic carbocycles. The molecule has 3 heterocycles. The lowest BCUT2D eigenvalue weighted by atomic mass is 9.87. The second kappa shape index (κ2) is 7.81. The number of rotatable bonds is 5. The molecule has 1 aromatic heterocycles. The monoisotopic (exact) mass is 443 g/mol. The van der Waals surface area contributed by atoms with Crippen LogP contribution in [0.25, 0.3) is 10.9 Å². The van der Waals surface area contributed by atoms with Crippen LogP contribution in [-0.4, -0.2) is 47.3 Å². The Hall–Kier alpha value is -2.51. The van der Waals surface area contributed by atoms with Gasteiger partial charge in [0, 0.05) is 60.0 Å². The van der Waals surface area contributed by atoms with Gasteiger partial charge in [0.1, 0.15) is 29.2 Å². The molecular weight excluding hydrogens is 415 g/mol. The summed E-state index contributed by atoms with van der Waals surface area (Å²) in [6, 6.07) is 9.47. The third-order valence-corrected chi connectivity index (χ3v) is 6.45. The molecule has 1 saturated heterocycles. The van der Waals surface area contributed by atoms with Crippen molar-refractivity contribution >= 4 is 10.9 Å². The Bertz CT molecular complexity index is 1130. The molecule has 1 fully saturated rings. The third-order valence-electron chi connectivity index (χ3n) is 6.45. The fraction of sp³-hybridized carbons (Fsp3) is 0.440. The number of nitrogens with one attached hydrogen (secondary N) is 2. The molecule has 0 saturated carbocycles. The maximum Gasteiger partial charge on any atom is 0.135 e. The van der Waals surface area contributed by atoms with Crippen molar-refractivity contribution in [3.63, 3.8) is 0 Å². The van der Waals surface area contributed by atoms with Gasteiger partial charge in [-0.05, 0) is 38.8 Å². The van der Waals surface area contributed by atoms with Gasteiger partial charge in [-0.3, -0.25) is 4.90 Å². The van der Waals surface area contributed by atoms with E-state index in [0.717, 1.165) is 22.2 Å². The number of aromatic nitrogens is 1. The summed E-state index contributed by atoms with van der Waals surface area (Å²) in [4.78, 5) is 5.25. The molecule has 0 bridgehead atoms. The molecule has 2 atom stereocenters. The molecule has 0 spiro atoms. The van der Waals surface area contributed by atoms with E-state index in [9.17, 15) is 4.39 Å². The van der Waals surface area contributed by atoms with Crippen molar-refractivity contribution in [2.75, 3.05) is 19.6 Å². The van der Waals surface area contributed by atoms with E-state index in [1.165, 1.54) is 26.0 Å². The molecule has 170 valence electrons. The van der Waals surface area contributed by atoms with Crippen molar-refractivity contribution in [2.24, 2.45) is 0 Å². The molecule has 0 radical (unpaired) electrons. The van der Waals surface area contributed by atoms with Crippen LogP contribution >= 0.6 is 0 Å². The quantitative estimate of drug-likeness (QED) is 0.591. The number of hydrogen-bond donors (Lipinski definition) is 2. The van der Waals surface area contributed by atoms with Gasteiger partial charge in [-0.1, -0.05) is 18.2 Å². The van der Waals surface area contributed by atoms with Gasteiger partial charge in [-0.25, -0.2) is 13.2 Å². The maximum atomic E-state index is 15.5. The summed E-state index contributed by atoms with van der Waals surface area (Å²) in [5.74, 6) is -1.19. The first-order chi connectivity index (χ1) is 15.2. The highest BCUT2D eigenvalue weighted by atomic mass is 19.1. The molecule has 5 rings (SSSR count). The predicted molar refractivity (Wildman–Crippen MR) is 119 cm³/mol. The van der Waals surface area contributed by atoms with Gasteiger partial charge in [0.25, 0.3) is 0 Å². The summed E-state index contributed by atoms with van der Waals surface area (Å²) >= 11 is 0. The van der Waals surface area contributed by atoms with Crippen molar-refractivity contribution in [2.45, 2.75) is 51.0 Å². The smallest absolute Gasteiger partial charge is 0.135 e. The number of aromatic amines is 1. The van der Waals surface area contributed by atoms with Gasteiger partial charge in [-0.2, -0.15) is 0 Å². The number of benzene rings is 2. The van der Waals surface area contributed by atoms with E-state index in [4.69, 9.17) is 4.74 Å². The molecule has 2 aliphatic heterocycles. The fourth-order valence-electron chi connectivity index (χ4n) is 4.93. The molecule has 2 N–H and O–H groups in total. The van der Waals surface area contributed by atoms with Crippen LogP contribution in [0.15, 0.2) is 36.4 Å². The molecule has 2 aromatic carbocycles. The summed E-state index contributed by atoms with van der Waals surface area (Å²) in [6.07, 6.45) is 0.587. The highest BCUT2D eigenvalue weighted by molar-refractivity contribution is 5.85. The second-order valence-corrected chi connectivity index (χ2v) is 9.61. The van der Waals surface area contributed by atoms with Crippen LogP contribution < -0.4 is 10.1 Å². The number of nitrogens with zero attached hydrogens (tertiary/aromatic N) is 1. The number of fused-ring (bicyclic) bond motifs is 3. The Morgan fingerprint density at radius 2 is 1.81 bits per heavy atom. The van der Waals surface area contributed by atoms with Crippen LogP contribution in [0.3, 0.4) is 0 Å². The van der Waals surface area contributed by atoms with E-state index in [-0.39, 0.29) is 30.0 Å². The van der Waals surface area contributed by atoms with E-state index in [0.29, 0.717) is 19.5 Å². The molecule has 4 nitrogen and oxygen atoms in total. The average Bonchev–Trinajstić information content (AvgIpc) is 3.04. The molecule has 3 aromatic rings. The summed E-state index contributed by atoms with van der Waals surface area (Å²) in [5.41, 5.74) is 1.07. The predicted octanol–water partition coefficient (Wildman–Crippen LogP) is 4.88. The maximum absolute atomic E-state index is 15.5. The zero-order valence-corrected chi connectivity index (χ0v) is 18.5. The lowest BCUT2D eigenvalue weighted by Gasteiger charge is -2.43. The lowest BCUT2D eigenvalue weighted by molar-refractivity contribution is 0.0641. The number of alkyl halides is 1. The molecule has 0 amide bonds. The highest BCUT2D eigenvalue weighted by Crippen LogP contribution is 2.43. The first-order valence-corrected chi connectivity index (χ1v) is 11.1. The topological polar surface area (TPSA) is 40.3 Å². The average molecular weight is 444 g/mol. The molecular formula is C25H28F3N3O. The second-order valence-electron chi connectivity index (χ2n) is 9.61. The number of halogens is 3. The lowest BCUT2D eigenvalue weighted by Crippen LogP contribution is -2.50. The van der Waals surface area contributed by atoms with Crippen LogP contribution in [0.5, 0.6) is 5.75 Å². The summed E-state index contributed by atoms with van der Waals surface area (Å²) < 4.78 is 51.4. The number of H-pyrrole nitrogens is 1. The fourth-order valence-corrected chi connectivity index (χ4v) is 4.93. The minimum absolute atomic E-state index is 0.0541. The van der Waals surface area contributed by atoms with Gasteiger partial charge in [0.2, 0.25) is 0 Å². The van der Waals surface area contributed by atoms with Crippen LogP contribution in [-0.2, 0) is 6.42 Å². The van der Waals surface area contributed by atoms with E-state index in [2.05, 4.69) is 10.3 Å². The van der Waals surface area contributed by atoms with Crippen molar-refractivity contribution in [1.29, 1.82) is 0 Å². The Kier molecular flexibility index (Phi) is 5.21.